The van der Waals surface area contributed by atoms with E-state index in [1.165, 1.54) is 12.1 Å². The maximum Gasteiger partial charge on any atom is 0.416 e. The molecule has 1 amide bonds. The first-order valence-electron chi connectivity index (χ1n) is 10.8. The number of halogens is 3. The van der Waals surface area contributed by atoms with Gasteiger partial charge in [-0.05, 0) is 41.0 Å². The van der Waals surface area contributed by atoms with Crippen LogP contribution in [0.15, 0.2) is 42.5 Å². The molecule has 2 heterocycles. The predicted octanol–water partition coefficient (Wildman–Crippen LogP) is 4.03. The van der Waals surface area contributed by atoms with Crippen LogP contribution in [-0.2, 0) is 17.5 Å². The van der Waals surface area contributed by atoms with Gasteiger partial charge in [0.25, 0.3) is 0 Å². The third-order valence-electron chi connectivity index (χ3n) is 5.30. The van der Waals surface area contributed by atoms with Crippen LogP contribution in [0.4, 0.5) is 13.2 Å². The van der Waals surface area contributed by atoms with Crippen molar-refractivity contribution in [3.8, 4) is 22.9 Å². The average Bonchev–Trinajstić information content (AvgIpc) is 3.12. The van der Waals surface area contributed by atoms with Crippen LogP contribution < -0.4 is 14.8 Å². The van der Waals surface area contributed by atoms with Crippen LogP contribution in [-0.4, -0.2) is 39.3 Å². The number of carbonyl (C=O) groups is 1. The fourth-order valence-corrected chi connectivity index (χ4v) is 3.62. The van der Waals surface area contributed by atoms with Gasteiger partial charge in [0.2, 0.25) is 11.7 Å². The minimum atomic E-state index is -4.48. The fourth-order valence-electron chi connectivity index (χ4n) is 3.62. The Labute approximate surface area is 194 Å². The Balaban J connectivity index is 1.46. The first kappa shape index (κ1) is 23.5. The maximum atomic E-state index is 13.0. The normalized spacial score (nSPS) is 14.5. The molecule has 3 aromatic rings. The number of benzene rings is 2. The molecule has 180 valence electrons. The SMILES string of the molecule is CC(C)[C@@H](NC(=O)Cn1nnc(-c2cccc(C(F)(F)F)c2)n1)c1ccc2c(c1)OCCCO2. The minimum Gasteiger partial charge on any atom is -0.490 e. The number of nitrogens with one attached hydrogen (secondary N) is 1. The summed E-state index contributed by atoms with van der Waals surface area (Å²) in [5.41, 5.74) is 0.214. The molecule has 1 aromatic heterocycles. The van der Waals surface area contributed by atoms with Crippen molar-refractivity contribution >= 4 is 5.91 Å². The number of rotatable bonds is 6. The van der Waals surface area contributed by atoms with Gasteiger partial charge in [-0.15, -0.1) is 10.2 Å². The van der Waals surface area contributed by atoms with Crippen molar-refractivity contribution in [2.45, 2.75) is 39.0 Å². The van der Waals surface area contributed by atoms with E-state index in [1.54, 1.807) is 0 Å². The van der Waals surface area contributed by atoms with Crippen LogP contribution >= 0.6 is 0 Å². The van der Waals surface area contributed by atoms with Gasteiger partial charge in [0.05, 0.1) is 24.8 Å². The van der Waals surface area contributed by atoms with Crippen molar-refractivity contribution in [2.75, 3.05) is 13.2 Å². The van der Waals surface area contributed by atoms with E-state index in [0.29, 0.717) is 24.7 Å². The number of hydrogen-bond acceptors (Lipinski definition) is 6. The lowest BCUT2D eigenvalue weighted by Gasteiger charge is -2.23. The predicted molar refractivity (Wildman–Crippen MR) is 116 cm³/mol. The van der Waals surface area contributed by atoms with E-state index in [-0.39, 0.29) is 35.8 Å². The van der Waals surface area contributed by atoms with Crippen LogP contribution in [0.25, 0.3) is 11.4 Å². The number of tetrazole rings is 1. The molecule has 2 aromatic carbocycles. The van der Waals surface area contributed by atoms with Crippen molar-refractivity contribution < 1.29 is 27.4 Å². The summed E-state index contributed by atoms with van der Waals surface area (Å²) in [6.07, 6.45) is -3.69. The van der Waals surface area contributed by atoms with E-state index >= 15 is 0 Å². The first-order chi connectivity index (χ1) is 16.2. The van der Waals surface area contributed by atoms with Crippen molar-refractivity contribution in [1.82, 2.24) is 25.5 Å². The summed E-state index contributed by atoms with van der Waals surface area (Å²) in [5, 5.41) is 14.6. The molecule has 0 aliphatic carbocycles. The van der Waals surface area contributed by atoms with Gasteiger partial charge in [0, 0.05) is 12.0 Å². The molecule has 0 radical (unpaired) electrons. The monoisotopic (exact) mass is 475 g/mol. The third kappa shape index (κ3) is 5.46. The third-order valence-corrected chi connectivity index (χ3v) is 5.30. The molecule has 0 unspecified atom stereocenters. The molecule has 0 spiro atoms. The molecule has 1 N–H and O–H groups in total. The highest BCUT2D eigenvalue weighted by Crippen LogP contribution is 2.34. The summed E-state index contributed by atoms with van der Waals surface area (Å²) in [7, 11) is 0. The van der Waals surface area contributed by atoms with Crippen molar-refractivity contribution in [3.63, 3.8) is 0 Å². The van der Waals surface area contributed by atoms with Gasteiger partial charge >= 0.3 is 6.18 Å². The lowest BCUT2D eigenvalue weighted by atomic mass is 9.95. The second-order valence-electron chi connectivity index (χ2n) is 8.27. The maximum absolute atomic E-state index is 13.0. The van der Waals surface area contributed by atoms with Crippen LogP contribution in [0.2, 0.25) is 0 Å². The van der Waals surface area contributed by atoms with Gasteiger partial charge in [-0.25, -0.2) is 0 Å². The number of aromatic nitrogens is 4. The molecule has 1 aliphatic rings. The molecular formula is C23H24F3N5O3. The largest absolute Gasteiger partial charge is 0.490 e. The number of nitrogens with zero attached hydrogens (tertiary/aromatic N) is 4. The summed E-state index contributed by atoms with van der Waals surface area (Å²) in [6.45, 7) is 4.87. The molecule has 34 heavy (non-hydrogen) atoms. The van der Waals surface area contributed by atoms with Crippen molar-refractivity contribution in [3.05, 3.63) is 53.6 Å². The summed E-state index contributed by atoms with van der Waals surface area (Å²) in [6, 6.07) is 9.91. The minimum absolute atomic E-state index is 0.00205. The number of alkyl halides is 3. The number of amides is 1. The van der Waals surface area contributed by atoms with Gasteiger partial charge in [0.15, 0.2) is 11.5 Å². The van der Waals surface area contributed by atoms with E-state index in [2.05, 4.69) is 20.7 Å². The lowest BCUT2D eigenvalue weighted by molar-refractivity contribution is -0.137. The summed E-state index contributed by atoms with van der Waals surface area (Å²) in [5.74, 6) is 1.02. The van der Waals surface area contributed by atoms with Gasteiger partial charge in [-0.3, -0.25) is 4.79 Å². The van der Waals surface area contributed by atoms with E-state index in [4.69, 9.17) is 9.47 Å². The molecule has 0 saturated carbocycles. The molecule has 0 fully saturated rings. The molecule has 1 atom stereocenters. The van der Waals surface area contributed by atoms with Crippen LogP contribution in [0.5, 0.6) is 11.5 Å². The fraction of sp³-hybridized carbons (Fsp3) is 0.391. The van der Waals surface area contributed by atoms with E-state index in [1.807, 2.05) is 32.0 Å². The Kier molecular flexibility index (Phi) is 6.71. The topological polar surface area (TPSA) is 91.2 Å². The average molecular weight is 475 g/mol. The summed E-state index contributed by atoms with van der Waals surface area (Å²) >= 11 is 0. The lowest BCUT2D eigenvalue weighted by Crippen LogP contribution is -2.34. The zero-order valence-electron chi connectivity index (χ0n) is 18.7. The quantitative estimate of drug-likeness (QED) is 0.579. The highest BCUT2D eigenvalue weighted by molar-refractivity contribution is 5.76. The Hall–Kier alpha value is -3.63. The van der Waals surface area contributed by atoms with Crippen molar-refractivity contribution in [2.24, 2.45) is 5.92 Å². The van der Waals surface area contributed by atoms with Gasteiger partial charge in [-0.1, -0.05) is 32.0 Å². The zero-order valence-corrected chi connectivity index (χ0v) is 18.7. The Bertz CT molecular complexity index is 1160. The number of hydrogen-bond donors (Lipinski definition) is 1. The van der Waals surface area contributed by atoms with Gasteiger partial charge in [0.1, 0.15) is 6.54 Å². The van der Waals surface area contributed by atoms with Gasteiger partial charge in [-0.2, -0.15) is 18.0 Å². The number of fused-ring (bicyclic) bond motifs is 1. The highest BCUT2D eigenvalue weighted by atomic mass is 19.4. The Morgan fingerprint density at radius 1 is 1.12 bits per heavy atom. The molecule has 0 bridgehead atoms. The Morgan fingerprint density at radius 2 is 1.88 bits per heavy atom. The molecule has 4 rings (SSSR count). The van der Waals surface area contributed by atoms with E-state index in [0.717, 1.165) is 28.9 Å². The number of carbonyl (C=O) groups excluding carboxylic acids is 1. The van der Waals surface area contributed by atoms with E-state index < -0.39 is 11.7 Å². The zero-order chi connectivity index (χ0) is 24.3. The second kappa shape index (κ2) is 9.70. The number of ether oxygens (including phenoxy) is 2. The van der Waals surface area contributed by atoms with Crippen LogP contribution in [0, 0.1) is 5.92 Å². The van der Waals surface area contributed by atoms with Crippen molar-refractivity contribution in [1.29, 1.82) is 0 Å². The summed E-state index contributed by atoms with van der Waals surface area (Å²) < 4.78 is 50.3. The van der Waals surface area contributed by atoms with Gasteiger partial charge < -0.3 is 14.8 Å². The van der Waals surface area contributed by atoms with Crippen LogP contribution in [0.1, 0.15) is 37.4 Å². The molecular weight excluding hydrogens is 451 g/mol. The summed E-state index contributed by atoms with van der Waals surface area (Å²) in [4.78, 5) is 13.8. The molecule has 0 saturated heterocycles. The highest BCUT2D eigenvalue weighted by Gasteiger charge is 2.31. The molecule has 1 aliphatic heterocycles. The van der Waals surface area contributed by atoms with E-state index in [9.17, 15) is 18.0 Å². The molecule has 11 heteroatoms. The first-order valence-corrected chi connectivity index (χ1v) is 10.8. The molecule has 8 nitrogen and oxygen atoms in total. The van der Waals surface area contributed by atoms with Crippen LogP contribution in [0.3, 0.4) is 0 Å². The Morgan fingerprint density at radius 3 is 2.62 bits per heavy atom. The second-order valence-corrected chi connectivity index (χ2v) is 8.27. The smallest absolute Gasteiger partial charge is 0.416 e. The standard InChI is InChI=1S/C23H24F3N5O3/c1-14(2)21(15-7-8-18-19(12-15)34-10-4-9-33-18)27-20(32)13-31-29-22(28-30-31)16-5-3-6-17(11-16)23(24,25)26/h3,5-8,11-12,14,21H,4,9-10,13H2,1-2H3,(H,27,32)/t21-/m1/s1.